The first-order valence-electron chi connectivity index (χ1n) is 3.80. The van der Waals surface area contributed by atoms with E-state index in [0.717, 1.165) is 25.7 Å². The molecule has 3 fully saturated rings. The molecule has 1 amide bonds. The molecule has 1 radical (unpaired) electrons. The Hall–Kier alpha value is -1.04. The molecule has 3 aliphatic rings. The molecule has 57 valence electrons. The van der Waals surface area contributed by atoms with E-state index in [2.05, 4.69) is 11.4 Å². The topological polar surface area (TPSA) is 52.9 Å². The highest BCUT2D eigenvalue weighted by Gasteiger charge is 2.61. The van der Waals surface area contributed by atoms with Gasteiger partial charge in [-0.05, 0) is 25.7 Å². The zero-order valence-corrected chi connectivity index (χ0v) is 6.18. The fourth-order valence-corrected chi connectivity index (χ4v) is 2.47. The minimum absolute atomic E-state index is 0.0442. The SMILES string of the molecule is N#CC12CCC(N[C]=O)(C1)C2. The maximum Gasteiger partial charge on any atom is 0.309 e. The second kappa shape index (κ2) is 1.76. The highest BCUT2D eigenvalue weighted by atomic mass is 16.1. The van der Waals surface area contributed by atoms with Gasteiger partial charge in [0.15, 0.2) is 0 Å². The Balaban J connectivity index is 2.09. The molecule has 0 aliphatic heterocycles. The van der Waals surface area contributed by atoms with Gasteiger partial charge in [0, 0.05) is 5.54 Å². The predicted octanol–water partition coefficient (Wildman–Crippen LogP) is 0.480. The third-order valence-corrected chi connectivity index (χ3v) is 2.99. The Morgan fingerprint density at radius 1 is 1.36 bits per heavy atom. The lowest BCUT2D eigenvalue weighted by molar-refractivity contribution is 0.156. The van der Waals surface area contributed by atoms with Crippen LogP contribution in [0.1, 0.15) is 25.7 Å². The first-order valence-corrected chi connectivity index (χ1v) is 3.80. The number of nitrogens with zero attached hydrogens (tertiary/aromatic N) is 1. The lowest BCUT2D eigenvalue weighted by Gasteiger charge is -2.42. The third kappa shape index (κ3) is 0.697. The van der Waals surface area contributed by atoms with Crippen LogP contribution < -0.4 is 5.32 Å². The molecular formula is C8H9N2O. The summed E-state index contributed by atoms with van der Waals surface area (Å²) in [6.07, 6.45) is 5.29. The lowest BCUT2D eigenvalue weighted by Crippen LogP contribution is -2.52. The number of rotatable bonds is 2. The van der Waals surface area contributed by atoms with Crippen LogP contribution in [0.25, 0.3) is 0 Å². The van der Waals surface area contributed by atoms with Crippen LogP contribution in [0.5, 0.6) is 0 Å². The molecule has 3 nitrogen and oxygen atoms in total. The van der Waals surface area contributed by atoms with Crippen molar-refractivity contribution in [1.82, 2.24) is 5.32 Å². The second-order valence-corrected chi connectivity index (χ2v) is 3.75. The van der Waals surface area contributed by atoms with Gasteiger partial charge >= 0.3 is 6.41 Å². The van der Waals surface area contributed by atoms with Crippen molar-refractivity contribution in [3.8, 4) is 6.07 Å². The summed E-state index contributed by atoms with van der Waals surface area (Å²) in [7, 11) is 0. The highest BCUT2D eigenvalue weighted by Crippen LogP contribution is 2.60. The molecule has 0 aromatic carbocycles. The smallest absolute Gasteiger partial charge is 0.309 e. The van der Waals surface area contributed by atoms with Crippen LogP contribution in [0.3, 0.4) is 0 Å². The number of hydrogen-bond donors (Lipinski definition) is 1. The Bertz CT molecular complexity index is 235. The van der Waals surface area contributed by atoms with E-state index in [1.165, 1.54) is 0 Å². The molecule has 3 rings (SSSR count). The van der Waals surface area contributed by atoms with Gasteiger partial charge in [-0.1, -0.05) is 0 Å². The van der Waals surface area contributed by atoms with Gasteiger partial charge in [-0.25, -0.2) is 0 Å². The molecule has 0 heterocycles. The molecule has 0 unspecified atom stereocenters. The standard InChI is InChI=1S/C8H9N2O/c9-5-7-1-2-8(3-7,4-7)10-6-11/h1-4H2,(H,10,11). The van der Waals surface area contributed by atoms with Crippen LogP contribution in [0, 0.1) is 16.7 Å². The van der Waals surface area contributed by atoms with E-state index in [-0.39, 0.29) is 11.0 Å². The Morgan fingerprint density at radius 3 is 2.55 bits per heavy atom. The van der Waals surface area contributed by atoms with Crippen molar-refractivity contribution in [3.05, 3.63) is 0 Å². The average Bonchev–Trinajstić information content (AvgIpc) is 2.43. The monoisotopic (exact) mass is 149 g/mol. The lowest BCUT2D eigenvalue weighted by atomic mass is 9.66. The van der Waals surface area contributed by atoms with Crippen LogP contribution in [-0.4, -0.2) is 11.9 Å². The zero-order chi connectivity index (χ0) is 7.95. The van der Waals surface area contributed by atoms with Crippen LogP contribution in [-0.2, 0) is 4.79 Å². The highest BCUT2D eigenvalue weighted by molar-refractivity contribution is 5.51. The van der Waals surface area contributed by atoms with Crippen LogP contribution in [0.2, 0.25) is 0 Å². The molecule has 11 heavy (non-hydrogen) atoms. The molecule has 0 aromatic rings. The van der Waals surface area contributed by atoms with Crippen LogP contribution >= 0.6 is 0 Å². The molecule has 0 saturated heterocycles. The van der Waals surface area contributed by atoms with Gasteiger partial charge in [0.1, 0.15) is 0 Å². The summed E-state index contributed by atoms with van der Waals surface area (Å²) in [5, 5.41) is 11.5. The first kappa shape index (κ1) is 6.66. The molecule has 3 aliphatic carbocycles. The van der Waals surface area contributed by atoms with Crippen molar-refractivity contribution in [2.24, 2.45) is 5.41 Å². The van der Waals surface area contributed by atoms with Gasteiger partial charge in [0.05, 0.1) is 11.5 Å². The van der Waals surface area contributed by atoms with Gasteiger partial charge in [-0.15, -0.1) is 0 Å². The number of carbonyl (C=O) groups excluding carboxylic acids is 1. The normalized spacial score (nSPS) is 45.7. The van der Waals surface area contributed by atoms with E-state index >= 15 is 0 Å². The maximum absolute atomic E-state index is 10.1. The van der Waals surface area contributed by atoms with E-state index in [1.54, 1.807) is 6.41 Å². The van der Waals surface area contributed by atoms with Gasteiger partial charge in [0.25, 0.3) is 0 Å². The van der Waals surface area contributed by atoms with Crippen LogP contribution in [0.4, 0.5) is 0 Å². The Labute approximate surface area is 65.4 Å². The van der Waals surface area contributed by atoms with E-state index in [0.29, 0.717) is 0 Å². The molecule has 0 spiro atoms. The summed E-state index contributed by atoms with van der Waals surface area (Å²) in [4.78, 5) is 10.1. The van der Waals surface area contributed by atoms with Crippen molar-refractivity contribution >= 4 is 6.41 Å². The van der Waals surface area contributed by atoms with Gasteiger partial charge in [-0.2, -0.15) is 5.26 Å². The average molecular weight is 149 g/mol. The minimum atomic E-state index is -0.0934. The Morgan fingerprint density at radius 2 is 2.09 bits per heavy atom. The van der Waals surface area contributed by atoms with E-state index in [9.17, 15) is 4.79 Å². The number of nitrogens with one attached hydrogen (secondary N) is 1. The van der Waals surface area contributed by atoms with E-state index in [1.807, 2.05) is 0 Å². The largest absolute Gasteiger partial charge is 0.342 e. The van der Waals surface area contributed by atoms with E-state index < -0.39 is 0 Å². The number of nitriles is 1. The van der Waals surface area contributed by atoms with Crippen molar-refractivity contribution in [1.29, 1.82) is 5.26 Å². The quantitative estimate of drug-likeness (QED) is 0.580. The summed E-state index contributed by atoms with van der Waals surface area (Å²) in [6, 6.07) is 2.32. The summed E-state index contributed by atoms with van der Waals surface area (Å²) in [5.74, 6) is 0. The fourth-order valence-electron chi connectivity index (χ4n) is 2.47. The van der Waals surface area contributed by atoms with Crippen molar-refractivity contribution in [2.45, 2.75) is 31.2 Å². The molecule has 3 saturated carbocycles. The van der Waals surface area contributed by atoms with Gasteiger partial charge in [0.2, 0.25) is 0 Å². The van der Waals surface area contributed by atoms with Gasteiger partial charge < -0.3 is 5.32 Å². The molecular weight excluding hydrogens is 140 g/mol. The number of fused-ring (bicyclic) bond motifs is 1. The molecule has 2 bridgehead atoms. The fraction of sp³-hybridized carbons (Fsp3) is 0.750. The molecule has 0 aromatic heterocycles. The summed E-state index contributed by atoms with van der Waals surface area (Å²) in [5.41, 5.74) is -0.138. The molecule has 1 N–H and O–H groups in total. The van der Waals surface area contributed by atoms with Crippen molar-refractivity contribution in [3.63, 3.8) is 0 Å². The van der Waals surface area contributed by atoms with Crippen molar-refractivity contribution < 1.29 is 4.79 Å². The predicted molar refractivity (Wildman–Crippen MR) is 38.1 cm³/mol. The number of amides is 1. The maximum atomic E-state index is 10.1. The van der Waals surface area contributed by atoms with E-state index in [4.69, 9.17) is 5.26 Å². The minimum Gasteiger partial charge on any atom is -0.342 e. The van der Waals surface area contributed by atoms with Crippen LogP contribution in [0.15, 0.2) is 0 Å². The summed E-state index contributed by atoms with van der Waals surface area (Å²) in [6.45, 7) is 0. The summed E-state index contributed by atoms with van der Waals surface area (Å²) < 4.78 is 0. The summed E-state index contributed by atoms with van der Waals surface area (Å²) >= 11 is 0. The van der Waals surface area contributed by atoms with Gasteiger partial charge in [-0.3, -0.25) is 4.79 Å². The molecule has 0 atom stereocenters. The Kier molecular flexibility index (Phi) is 1.07. The molecule has 3 heteroatoms. The number of hydrogen-bond acceptors (Lipinski definition) is 2. The van der Waals surface area contributed by atoms with Crippen molar-refractivity contribution in [2.75, 3.05) is 0 Å². The third-order valence-electron chi connectivity index (χ3n) is 2.99. The first-order chi connectivity index (χ1) is 5.24. The second-order valence-electron chi connectivity index (χ2n) is 3.75. The zero-order valence-electron chi connectivity index (χ0n) is 6.18.